The molecule has 6 heteroatoms. The fourth-order valence-electron chi connectivity index (χ4n) is 1.43. The van der Waals surface area contributed by atoms with E-state index < -0.39 is 12.1 Å². The van der Waals surface area contributed by atoms with Gasteiger partial charge in [0.25, 0.3) is 0 Å². The van der Waals surface area contributed by atoms with Gasteiger partial charge in [0.15, 0.2) is 5.11 Å². The first-order valence-corrected chi connectivity index (χ1v) is 4.43. The zero-order valence-corrected chi connectivity index (χ0v) is 7.79. The van der Waals surface area contributed by atoms with Gasteiger partial charge in [-0.3, -0.25) is 0 Å². The lowest BCUT2D eigenvalue weighted by atomic mass is 9.97. The van der Waals surface area contributed by atoms with Crippen LogP contribution in [-0.2, 0) is 0 Å². The Morgan fingerprint density at radius 2 is 1.77 bits per heavy atom. The van der Waals surface area contributed by atoms with Gasteiger partial charge in [-0.2, -0.15) is 13.2 Å². The molecule has 0 saturated carbocycles. The molecule has 76 valence electrons. The summed E-state index contributed by atoms with van der Waals surface area (Å²) < 4.78 is 36.6. The minimum absolute atomic E-state index is 0.0981. The van der Waals surface area contributed by atoms with Crippen LogP contribution < -0.4 is 5.73 Å². The Balaban J connectivity index is 2.44. The molecule has 2 nitrogen and oxygen atoms in total. The SMILES string of the molecule is NC(=S)N1CCC(C(F)(F)F)CC1. The monoisotopic (exact) mass is 212 g/mol. The number of thiocarbonyl (C=S) groups is 1. The van der Waals surface area contributed by atoms with E-state index in [0.717, 1.165) is 0 Å². The number of alkyl halides is 3. The number of likely N-dealkylation sites (tertiary alicyclic amines) is 1. The number of piperidine rings is 1. The van der Waals surface area contributed by atoms with E-state index in [1.54, 1.807) is 4.90 Å². The molecule has 1 heterocycles. The van der Waals surface area contributed by atoms with E-state index in [2.05, 4.69) is 12.2 Å². The lowest BCUT2D eigenvalue weighted by molar-refractivity contribution is -0.183. The topological polar surface area (TPSA) is 29.3 Å². The summed E-state index contributed by atoms with van der Waals surface area (Å²) in [6.45, 7) is 0.638. The van der Waals surface area contributed by atoms with Crippen molar-refractivity contribution in [3.05, 3.63) is 0 Å². The molecule has 0 aliphatic carbocycles. The first kappa shape index (κ1) is 10.6. The van der Waals surface area contributed by atoms with Crippen molar-refractivity contribution >= 4 is 17.3 Å². The van der Waals surface area contributed by atoms with E-state index in [0.29, 0.717) is 13.1 Å². The third-order valence-corrected chi connectivity index (χ3v) is 2.53. The van der Waals surface area contributed by atoms with Crippen LogP contribution in [0.3, 0.4) is 0 Å². The van der Waals surface area contributed by atoms with E-state index in [1.807, 2.05) is 0 Å². The summed E-state index contributed by atoms with van der Waals surface area (Å²) in [5.74, 6) is -1.18. The summed E-state index contributed by atoms with van der Waals surface area (Å²) >= 11 is 4.67. The van der Waals surface area contributed by atoms with Crippen molar-refractivity contribution in [2.75, 3.05) is 13.1 Å². The van der Waals surface area contributed by atoms with Crippen LogP contribution in [0.2, 0.25) is 0 Å². The van der Waals surface area contributed by atoms with Gasteiger partial charge < -0.3 is 10.6 Å². The Morgan fingerprint density at radius 3 is 2.08 bits per heavy atom. The van der Waals surface area contributed by atoms with Gasteiger partial charge in [-0.1, -0.05) is 0 Å². The maximum absolute atomic E-state index is 12.2. The fourth-order valence-corrected chi connectivity index (χ4v) is 1.61. The van der Waals surface area contributed by atoms with E-state index in [9.17, 15) is 13.2 Å². The van der Waals surface area contributed by atoms with Crippen LogP contribution in [0.5, 0.6) is 0 Å². The largest absolute Gasteiger partial charge is 0.391 e. The number of nitrogens with zero attached hydrogens (tertiary/aromatic N) is 1. The van der Waals surface area contributed by atoms with Gasteiger partial charge in [0.05, 0.1) is 5.92 Å². The predicted octanol–water partition coefficient (Wildman–Crippen LogP) is 1.50. The van der Waals surface area contributed by atoms with E-state index in [4.69, 9.17) is 5.73 Å². The lowest BCUT2D eigenvalue weighted by Crippen LogP contribution is -2.44. The van der Waals surface area contributed by atoms with E-state index >= 15 is 0 Å². The second kappa shape index (κ2) is 3.69. The Hall–Kier alpha value is -0.520. The summed E-state index contributed by atoms with van der Waals surface area (Å²) in [7, 11) is 0. The van der Waals surface area contributed by atoms with Crippen LogP contribution >= 0.6 is 12.2 Å². The maximum Gasteiger partial charge on any atom is 0.391 e. The van der Waals surface area contributed by atoms with Crippen LogP contribution in [0.1, 0.15) is 12.8 Å². The third kappa shape index (κ3) is 2.72. The first-order valence-electron chi connectivity index (χ1n) is 4.02. The second-order valence-corrected chi connectivity index (χ2v) is 3.56. The number of halogens is 3. The first-order chi connectivity index (χ1) is 5.91. The van der Waals surface area contributed by atoms with Crippen molar-refractivity contribution in [3.63, 3.8) is 0 Å². The highest BCUT2D eigenvalue weighted by molar-refractivity contribution is 7.80. The standard InChI is InChI=1S/C7H11F3N2S/c8-7(9,10)5-1-3-12(4-2-5)6(11)13/h5H,1-4H2,(H2,11,13). The fraction of sp³-hybridized carbons (Fsp3) is 0.857. The summed E-state index contributed by atoms with van der Waals surface area (Å²) in [5.41, 5.74) is 5.30. The lowest BCUT2D eigenvalue weighted by Gasteiger charge is -2.33. The molecule has 0 aromatic heterocycles. The summed E-state index contributed by atoms with van der Waals surface area (Å²) in [4.78, 5) is 1.61. The van der Waals surface area contributed by atoms with Gasteiger partial charge >= 0.3 is 6.18 Å². The predicted molar refractivity (Wildman–Crippen MR) is 47.1 cm³/mol. The van der Waals surface area contributed by atoms with Crippen molar-refractivity contribution in [3.8, 4) is 0 Å². The number of nitrogens with two attached hydrogens (primary N) is 1. The minimum Gasteiger partial charge on any atom is -0.376 e. The average molecular weight is 212 g/mol. The molecule has 1 saturated heterocycles. The van der Waals surface area contributed by atoms with Crippen molar-refractivity contribution in [2.24, 2.45) is 11.7 Å². The molecule has 0 atom stereocenters. The second-order valence-electron chi connectivity index (χ2n) is 3.14. The molecule has 1 fully saturated rings. The number of hydrogen-bond donors (Lipinski definition) is 1. The molecule has 0 bridgehead atoms. The summed E-state index contributed by atoms with van der Waals surface area (Å²) in [6.07, 6.45) is -3.87. The van der Waals surface area contributed by atoms with Crippen LogP contribution in [-0.4, -0.2) is 29.3 Å². The molecule has 0 radical (unpaired) electrons. The van der Waals surface area contributed by atoms with Crippen molar-refractivity contribution in [1.29, 1.82) is 0 Å². The zero-order valence-electron chi connectivity index (χ0n) is 6.97. The quantitative estimate of drug-likeness (QED) is 0.617. The Labute approximate surface area is 79.9 Å². The highest BCUT2D eigenvalue weighted by Crippen LogP contribution is 2.33. The maximum atomic E-state index is 12.2. The molecular weight excluding hydrogens is 201 g/mol. The van der Waals surface area contributed by atoms with Crippen molar-refractivity contribution in [1.82, 2.24) is 4.90 Å². The van der Waals surface area contributed by atoms with Crippen LogP contribution in [0.15, 0.2) is 0 Å². The Morgan fingerprint density at radius 1 is 1.31 bits per heavy atom. The molecule has 13 heavy (non-hydrogen) atoms. The molecular formula is C7H11F3N2S. The average Bonchev–Trinajstić information content (AvgIpc) is 2.03. The van der Waals surface area contributed by atoms with Crippen LogP contribution in [0, 0.1) is 5.92 Å². The van der Waals surface area contributed by atoms with Gasteiger partial charge in [0.1, 0.15) is 0 Å². The van der Waals surface area contributed by atoms with E-state index in [1.165, 1.54) is 0 Å². The Bertz CT molecular complexity index is 196. The molecule has 1 aliphatic heterocycles. The summed E-state index contributed by atoms with van der Waals surface area (Å²) in [6, 6.07) is 0. The van der Waals surface area contributed by atoms with Gasteiger partial charge in [-0.05, 0) is 25.1 Å². The Kier molecular flexibility index (Phi) is 3.00. The van der Waals surface area contributed by atoms with Gasteiger partial charge in [0.2, 0.25) is 0 Å². The van der Waals surface area contributed by atoms with E-state index in [-0.39, 0.29) is 18.0 Å². The smallest absolute Gasteiger partial charge is 0.376 e. The van der Waals surface area contributed by atoms with Gasteiger partial charge in [-0.25, -0.2) is 0 Å². The molecule has 2 N–H and O–H groups in total. The minimum atomic E-state index is -4.07. The number of rotatable bonds is 0. The molecule has 0 amide bonds. The normalized spacial score (nSPS) is 20.4. The number of hydrogen-bond acceptors (Lipinski definition) is 1. The third-order valence-electron chi connectivity index (χ3n) is 2.27. The molecule has 0 spiro atoms. The summed E-state index contributed by atoms with van der Waals surface area (Å²) in [5, 5.41) is 0.195. The highest BCUT2D eigenvalue weighted by Gasteiger charge is 2.41. The molecule has 0 aromatic rings. The van der Waals surface area contributed by atoms with Crippen molar-refractivity contribution in [2.45, 2.75) is 19.0 Å². The van der Waals surface area contributed by atoms with Crippen molar-refractivity contribution < 1.29 is 13.2 Å². The van der Waals surface area contributed by atoms with Crippen LogP contribution in [0.25, 0.3) is 0 Å². The molecule has 1 aliphatic rings. The highest BCUT2D eigenvalue weighted by atomic mass is 32.1. The molecule has 0 unspecified atom stereocenters. The molecule has 1 rings (SSSR count). The van der Waals surface area contributed by atoms with Gasteiger partial charge in [-0.15, -0.1) is 0 Å². The zero-order chi connectivity index (χ0) is 10.1. The van der Waals surface area contributed by atoms with Gasteiger partial charge in [0, 0.05) is 13.1 Å². The van der Waals surface area contributed by atoms with Crippen LogP contribution in [0.4, 0.5) is 13.2 Å². The molecule has 0 aromatic carbocycles.